The molecule has 0 bridgehead atoms. The van der Waals surface area contributed by atoms with Crippen LogP contribution in [0, 0.1) is 0 Å². The summed E-state index contributed by atoms with van der Waals surface area (Å²) in [6.07, 6.45) is 0. The number of halogens is 1. The molecule has 0 saturated carbocycles. The largest absolute Gasteiger partial charge is 0.243 e. The van der Waals surface area contributed by atoms with Crippen LogP contribution in [0.3, 0.4) is 0 Å². The summed E-state index contributed by atoms with van der Waals surface area (Å²) in [5.74, 6) is 0.559. The molecule has 0 amide bonds. The summed E-state index contributed by atoms with van der Waals surface area (Å²) in [6, 6.07) is 7.81. The predicted octanol–water partition coefficient (Wildman–Crippen LogP) is 1.83. The molecule has 12 heavy (non-hydrogen) atoms. The highest BCUT2D eigenvalue weighted by Gasteiger charge is 1.97. The van der Waals surface area contributed by atoms with Gasteiger partial charge in [0.05, 0.1) is 16.7 Å². The summed E-state index contributed by atoms with van der Waals surface area (Å²) < 4.78 is 14.8. The third-order valence-electron chi connectivity index (χ3n) is 1.44. The number of hydrogen-bond donors (Lipinski definition) is 1. The van der Waals surface area contributed by atoms with Crippen LogP contribution in [0.5, 0.6) is 0 Å². The molecule has 0 aliphatic carbocycles. The van der Waals surface area contributed by atoms with Crippen molar-refractivity contribution in [1.29, 1.82) is 0 Å². The van der Waals surface area contributed by atoms with Crippen LogP contribution < -0.4 is 4.72 Å². The van der Waals surface area contributed by atoms with Crippen molar-refractivity contribution in [3.63, 3.8) is 0 Å². The van der Waals surface area contributed by atoms with Crippen LogP contribution >= 0.6 is 15.9 Å². The Labute approximate surface area is 83.1 Å². The van der Waals surface area contributed by atoms with Crippen molar-refractivity contribution in [3.8, 4) is 0 Å². The van der Waals surface area contributed by atoms with Gasteiger partial charge in [0.1, 0.15) is 0 Å². The smallest absolute Gasteiger partial charge is 0.0957 e. The van der Waals surface area contributed by atoms with Crippen LogP contribution in [-0.4, -0.2) is 11.3 Å². The first-order chi connectivity index (χ1) is 5.72. The molecular formula is C8H10BrNOS. The molecule has 1 atom stereocenters. The maximum absolute atomic E-state index is 11.1. The van der Waals surface area contributed by atoms with Gasteiger partial charge < -0.3 is 0 Å². The lowest BCUT2D eigenvalue weighted by Gasteiger charge is -1.99. The summed E-state index contributed by atoms with van der Waals surface area (Å²) in [7, 11) is 0.740. The fourth-order valence-electron chi connectivity index (χ4n) is 0.804. The Hall–Kier alpha value is -0.190. The molecule has 0 aromatic heterocycles. The lowest BCUT2D eigenvalue weighted by Crippen LogP contribution is -2.12. The van der Waals surface area contributed by atoms with Gasteiger partial charge in [0.25, 0.3) is 0 Å². The van der Waals surface area contributed by atoms with Crippen LogP contribution in [0.4, 0.5) is 0 Å². The van der Waals surface area contributed by atoms with Crippen molar-refractivity contribution in [1.82, 2.24) is 4.72 Å². The lowest BCUT2D eigenvalue weighted by molar-refractivity contribution is 0.677. The van der Waals surface area contributed by atoms with Gasteiger partial charge in [-0.05, 0) is 24.7 Å². The number of hydrogen-bond acceptors (Lipinski definition) is 1. The van der Waals surface area contributed by atoms with Gasteiger partial charge in [-0.1, -0.05) is 28.1 Å². The van der Waals surface area contributed by atoms with Crippen molar-refractivity contribution < 1.29 is 4.21 Å². The summed E-state index contributed by atoms with van der Waals surface area (Å²) in [6.45, 7) is 0. The monoisotopic (exact) mass is 247 g/mol. The zero-order valence-electron chi connectivity index (χ0n) is 6.71. The van der Waals surface area contributed by atoms with Crippen LogP contribution in [-0.2, 0) is 16.7 Å². The fraction of sp³-hybridized carbons (Fsp3) is 0.250. The molecule has 0 saturated heterocycles. The van der Waals surface area contributed by atoms with Crippen molar-refractivity contribution in [2.75, 3.05) is 7.05 Å². The number of benzene rings is 1. The van der Waals surface area contributed by atoms with E-state index >= 15 is 0 Å². The summed E-state index contributed by atoms with van der Waals surface area (Å²) in [5, 5.41) is 0. The minimum atomic E-state index is -0.950. The van der Waals surface area contributed by atoms with Gasteiger partial charge in [-0.25, -0.2) is 8.93 Å². The Morgan fingerprint density at radius 3 is 2.50 bits per heavy atom. The molecular weight excluding hydrogens is 238 g/mol. The zero-order chi connectivity index (χ0) is 8.97. The van der Waals surface area contributed by atoms with Gasteiger partial charge in [0, 0.05) is 4.47 Å². The molecule has 0 spiro atoms. The molecule has 0 radical (unpaired) electrons. The first kappa shape index (κ1) is 9.89. The zero-order valence-corrected chi connectivity index (χ0v) is 9.11. The maximum atomic E-state index is 11.1. The molecule has 0 heterocycles. The molecule has 2 nitrogen and oxygen atoms in total. The Kier molecular flexibility index (Phi) is 3.91. The molecule has 1 N–H and O–H groups in total. The highest BCUT2D eigenvalue weighted by Crippen LogP contribution is 2.11. The Bertz CT molecular complexity index is 273. The normalized spacial score (nSPS) is 12.8. The quantitative estimate of drug-likeness (QED) is 0.868. The van der Waals surface area contributed by atoms with Crippen molar-refractivity contribution in [2.24, 2.45) is 0 Å². The molecule has 1 unspecified atom stereocenters. The van der Waals surface area contributed by atoms with E-state index in [4.69, 9.17) is 0 Å². The molecule has 1 aromatic rings. The molecule has 0 aliphatic rings. The Balaban J connectivity index is 2.64. The molecule has 1 aromatic carbocycles. The minimum Gasteiger partial charge on any atom is -0.243 e. The minimum absolute atomic E-state index is 0.559. The van der Waals surface area contributed by atoms with Crippen LogP contribution in [0.25, 0.3) is 0 Å². The van der Waals surface area contributed by atoms with Gasteiger partial charge in [-0.2, -0.15) is 0 Å². The van der Waals surface area contributed by atoms with Gasteiger partial charge in [-0.3, -0.25) is 0 Å². The van der Waals surface area contributed by atoms with Crippen LogP contribution in [0.15, 0.2) is 28.7 Å². The Morgan fingerprint density at radius 2 is 2.00 bits per heavy atom. The topological polar surface area (TPSA) is 29.1 Å². The molecule has 66 valence electrons. The van der Waals surface area contributed by atoms with E-state index in [1.54, 1.807) is 7.05 Å². The van der Waals surface area contributed by atoms with E-state index in [-0.39, 0.29) is 0 Å². The van der Waals surface area contributed by atoms with Crippen molar-refractivity contribution in [2.45, 2.75) is 5.75 Å². The third-order valence-corrected chi connectivity index (χ3v) is 3.02. The molecule has 0 aliphatic heterocycles. The Morgan fingerprint density at radius 1 is 1.42 bits per heavy atom. The number of rotatable bonds is 3. The second kappa shape index (κ2) is 4.74. The second-order valence-corrected chi connectivity index (χ2v) is 4.62. The van der Waals surface area contributed by atoms with Gasteiger partial charge >= 0.3 is 0 Å². The molecule has 1 rings (SSSR count). The van der Waals surface area contributed by atoms with E-state index in [0.717, 1.165) is 10.0 Å². The van der Waals surface area contributed by atoms with Crippen LogP contribution in [0.1, 0.15) is 5.56 Å². The second-order valence-electron chi connectivity index (χ2n) is 2.32. The highest BCUT2D eigenvalue weighted by atomic mass is 79.9. The first-order valence-electron chi connectivity index (χ1n) is 3.52. The van der Waals surface area contributed by atoms with E-state index < -0.39 is 11.0 Å². The summed E-state index contributed by atoms with van der Waals surface area (Å²) >= 11 is 3.34. The first-order valence-corrected chi connectivity index (χ1v) is 5.64. The summed E-state index contributed by atoms with van der Waals surface area (Å²) in [4.78, 5) is 0. The lowest BCUT2D eigenvalue weighted by atomic mass is 10.2. The van der Waals surface area contributed by atoms with E-state index in [1.165, 1.54) is 0 Å². The van der Waals surface area contributed by atoms with E-state index in [1.807, 2.05) is 24.3 Å². The molecule has 0 fully saturated rings. The third kappa shape index (κ3) is 3.05. The average Bonchev–Trinajstić information content (AvgIpc) is 2.09. The maximum Gasteiger partial charge on any atom is 0.0957 e. The van der Waals surface area contributed by atoms with Gasteiger partial charge in [-0.15, -0.1) is 0 Å². The standard InChI is InChI=1S/C8H10BrNOS/c1-10-12(11)6-7-2-4-8(9)5-3-7/h2-5,10H,6H2,1H3. The molecule has 4 heteroatoms. The SMILES string of the molecule is CNS(=O)Cc1ccc(Br)cc1. The summed E-state index contributed by atoms with van der Waals surface area (Å²) in [5.41, 5.74) is 1.07. The van der Waals surface area contributed by atoms with Crippen molar-refractivity contribution in [3.05, 3.63) is 34.3 Å². The highest BCUT2D eigenvalue weighted by molar-refractivity contribution is 9.10. The van der Waals surface area contributed by atoms with Gasteiger partial charge in [0.2, 0.25) is 0 Å². The van der Waals surface area contributed by atoms with Crippen LogP contribution in [0.2, 0.25) is 0 Å². The number of nitrogens with one attached hydrogen (secondary N) is 1. The van der Waals surface area contributed by atoms with Crippen molar-refractivity contribution >= 4 is 26.9 Å². The fourth-order valence-corrected chi connectivity index (χ4v) is 1.71. The van der Waals surface area contributed by atoms with E-state index in [9.17, 15) is 4.21 Å². The van der Waals surface area contributed by atoms with E-state index in [0.29, 0.717) is 5.75 Å². The average molecular weight is 248 g/mol. The predicted molar refractivity (Wildman–Crippen MR) is 55.0 cm³/mol. The van der Waals surface area contributed by atoms with Gasteiger partial charge in [0.15, 0.2) is 0 Å². The van der Waals surface area contributed by atoms with E-state index in [2.05, 4.69) is 20.7 Å².